The van der Waals surface area contributed by atoms with Crippen LogP contribution in [0.5, 0.6) is 0 Å². The van der Waals surface area contributed by atoms with E-state index in [-0.39, 0.29) is 11.9 Å². The zero-order valence-corrected chi connectivity index (χ0v) is 17.9. The van der Waals surface area contributed by atoms with Crippen LogP contribution < -0.4 is 11.1 Å². The summed E-state index contributed by atoms with van der Waals surface area (Å²) in [5.74, 6) is 1.99. The summed E-state index contributed by atoms with van der Waals surface area (Å²) in [5, 5.41) is 3.23. The van der Waals surface area contributed by atoms with Gasteiger partial charge in [0.05, 0.1) is 0 Å². The standard InChI is InChI=1S/C24H36N4O/c1-17(2)15-28-16-20-13-19-14-27-24(20,23(29)26-11-7-6-10-25)22(28)21(19)12-18-8-4-3-5-9-18/h3-5,8-9,14,17,19-22H,6-7,10-13,15-16,25H2,1-2H3,(H,26,29)/t19-,20-,21+,22-,24-/m0/s1. The van der Waals surface area contributed by atoms with Crippen molar-refractivity contribution in [3.8, 4) is 0 Å². The molecule has 0 aromatic heterocycles. The zero-order chi connectivity index (χ0) is 20.4. The number of likely N-dealkylation sites (tertiary alicyclic amines) is 1. The predicted octanol–water partition coefficient (Wildman–Crippen LogP) is 2.50. The first-order valence-corrected chi connectivity index (χ1v) is 11.4. The summed E-state index contributed by atoms with van der Waals surface area (Å²) in [7, 11) is 0. The molecule has 3 heterocycles. The predicted molar refractivity (Wildman–Crippen MR) is 118 cm³/mol. The average Bonchev–Trinajstić information content (AvgIpc) is 2.97. The molecule has 3 aliphatic heterocycles. The van der Waals surface area contributed by atoms with Gasteiger partial charge in [-0.3, -0.25) is 14.7 Å². The van der Waals surface area contributed by atoms with Gasteiger partial charge in [0.25, 0.3) is 0 Å². The lowest BCUT2D eigenvalue weighted by Crippen LogP contribution is -2.66. The van der Waals surface area contributed by atoms with Crippen molar-refractivity contribution in [2.24, 2.45) is 34.4 Å². The van der Waals surface area contributed by atoms with E-state index in [9.17, 15) is 4.79 Å². The summed E-state index contributed by atoms with van der Waals surface area (Å²) in [4.78, 5) is 21.1. The Kier molecular flexibility index (Phi) is 6.07. The Balaban J connectivity index is 1.62. The number of amides is 1. The summed E-state index contributed by atoms with van der Waals surface area (Å²) in [6.07, 6.45) is 6.11. The van der Waals surface area contributed by atoms with E-state index in [2.05, 4.69) is 60.6 Å². The maximum absolute atomic E-state index is 13.5. The van der Waals surface area contributed by atoms with Crippen LogP contribution in [-0.2, 0) is 11.2 Å². The largest absolute Gasteiger partial charge is 0.354 e. The molecular formula is C24H36N4O. The van der Waals surface area contributed by atoms with E-state index in [1.54, 1.807) is 0 Å². The van der Waals surface area contributed by atoms with Crippen LogP contribution in [0.2, 0.25) is 0 Å². The first kappa shape index (κ1) is 20.5. The quantitative estimate of drug-likeness (QED) is 0.630. The van der Waals surface area contributed by atoms with Crippen LogP contribution >= 0.6 is 0 Å². The molecule has 0 unspecified atom stereocenters. The van der Waals surface area contributed by atoms with Gasteiger partial charge in [-0.15, -0.1) is 0 Å². The van der Waals surface area contributed by atoms with Crippen LogP contribution in [0.15, 0.2) is 35.3 Å². The second-order valence-corrected chi connectivity index (χ2v) is 9.60. The number of rotatable bonds is 9. The van der Waals surface area contributed by atoms with Crippen molar-refractivity contribution < 1.29 is 4.79 Å². The van der Waals surface area contributed by atoms with Crippen LogP contribution in [0, 0.1) is 23.7 Å². The second-order valence-electron chi connectivity index (χ2n) is 9.60. The summed E-state index contributed by atoms with van der Waals surface area (Å²) in [6, 6.07) is 11.0. The molecule has 1 amide bonds. The molecule has 1 saturated heterocycles. The Morgan fingerprint density at radius 2 is 2.10 bits per heavy atom. The van der Waals surface area contributed by atoms with Gasteiger partial charge in [-0.25, -0.2) is 0 Å². The number of benzene rings is 1. The average molecular weight is 397 g/mol. The maximum Gasteiger partial charge on any atom is 0.249 e. The van der Waals surface area contributed by atoms with Gasteiger partial charge in [0, 0.05) is 37.8 Å². The molecule has 0 spiro atoms. The molecule has 4 aliphatic rings. The highest BCUT2D eigenvalue weighted by Gasteiger charge is 2.67. The molecule has 2 fully saturated rings. The van der Waals surface area contributed by atoms with Gasteiger partial charge in [-0.1, -0.05) is 44.2 Å². The molecule has 1 aliphatic carbocycles. The van der Waals surface area contributed by atoms with Crippen molar-refractivity contribution >= 4 is 12.1 Å². The molecule has 5 heteroatoms. The number of unbranched alkanes of at least 4 members (excludes halogenated alkanes) is 1. The van der Waals surface area contributed by atoms with Crippen LogP contribution in [0.25, 0.3) is 0 Å². The molecule has 1 aromatic carbocycles. The Morgan fingerprint density at radius 3 is 2.83 bits per heavy atom. The molecule has 4 bridgehead atoms. The van der Waals surface area contributed by atoms with E-state index in [0.29, 0.717) is 36.8 Å². The number of nitrogens with zero attached hydrogens (tertiary/aromatic N) is 2. The number of aliphatic imine (C=N–C) groups is 1. The van der Waals surface area contributed by atoms with E-state index in [1.807, 2.05) is 0 Å². The summed E-state index contributed by atoms with van der Waals surface area (Å²) in [6.45, 7) is 7.96. The number of carbonyl (C=O) groups is 1. The second kappa shape index (κ2) is 8.57. The van der Waals surface area contributed by atoms with Crippen LogP contribution in [-0.4, -0.2) is 54.8 Å². The fourth-order valence-electron chi connectivity index (χ4n) is 6.01. The third-order valence-electron chi connectivity index (χ3n) is 7.11. The summed E-state index contributed by atoms with van der Waals surface area (Å²) in [5.41, 5.74) is 6.37. The number of carbonyl (C=O) groups excluding carboxylic acids is 1. The van der Waals surface area contributed by atoms with E-state index in [4.69, 9.17) is 10.7 Å². The molecule has 5 atom stereocenters. The van der Waals surface area contributed by atoms with Crippen molar-refractivity contribution in [3.63, 3.8) is 0 Å². The van der Waals surface area contributed by atoms with E-state index in [1.165, 1.54) is 5.56 Å². The van der Waals surface area contributed by atoms with Gasteiger partial charge < -0.3 is 11.1 Å². The highest BCUT2D eigenvalue weighted by Crippen LogP contribution is 2.54. The molecule has 5 rings (SSSR count). The Labute approximate surface area is 175 Å². The molecule has 29 heavy (non-hydrogen) atoms. The van der Waals surface area contributed by atoms with Crippen molar-refractivity contribution in [3.05, 3.63) is 35.9 Å². The number of nitrogens with two attached hydrogens (primary N) is 1. The molecule has 5 nitrogen and oxygen atoms in total. The molecule has 158 valence electrons. The van der Waals surface area contributed by atoms with Gasteiger partial charge >= 0.3 is 0 Å². The summed E-state index contributed by atoms with van der Waals surface area (Å²) >= 11 is 0. The van der Waals surface area contributed by atoms with Crippen LogP contribution in [0.1, 0.15) is 38.7 Å². The minimum Gasteiger partial charge on any atom is -0.354 e. The Morgan fingerprint density at radius 1 is 1.31 bits per heavy atom. The number of nitrogens with one attached hydrogen (secondary N) is 1. The van der Waals surface area contributed by atoms with Crippen LogP contribution in [0.4, 0.5) is 0 Å². The molecule has 1 saturated carbocycles. The van der Waals surface area contributed by atoms with E-state index in [0.717, 1.165) is 38.8 Å². The van der Waals surface area contributed by atoms with Gasteiger partial charge in [-0.05, 0) is 55.5 Å². The molecular weight excluding hydrogens is 360 g/mol. The van der Waals surface area contributed by atoms with Crippen LogP contribution in [0.3, 0.4) is 0 Å². The maximum atomic E-state index is 13.5. The third-order valence-corrected chi connectivity index (χ3v) is 7.11. The summed E-state index contributed by atoms with van der Waals surface area (Å²) < 4.78 is 0. The molecule has 3 N–H and O–H groups in total. The van der Waals surface area contributed by atoms with Gasteiger partial charge in [0.2, 0.25) is 5.91 Å². The highest BCUT2D eigenvalue weighted by molar-refractivity contribution is 5.92. The fourth-order valence-corrected chi connectivity index (χ4v) is 6.01. The van der Waals surface area contributed by atoms with Crippen molar-refractivity contribution in [2.45, 2.75) is 51.1 Å². The van der Waals surface area contributed by atoms with E-state index < -0.39 is 5.54 Å². The lowest BCUT2D eigenvalue weighted by Gasteiger charge is -2.51. The minimum absolute atomic E-state index is 0.142. The van der Waals surface area contributed by atoms with Crippen molar-refractivity contribution in [1.82, 2.24) is 10.2 Å². The van der Waals surface area contributed by atoms with E-state index >= 15 is 0 Å². The topological polar surface area (TPSA) is 70.7 Å². The Bertz CT molecular complexity index is 734. The van der Waals surface area contributed by atoms with Gasteiger partial charge in [-0.2, -0.15) is 0 Å². The lowest BCUT2D eigenvalue weighted by molar-refractivity contribution is -0.131. The van der Waals surface area contributed by atoms with Crippen molar-refractivity contribution in [2.75, 3.05) is 26.2 Å². The number of hydrogen-bond acceptors (Lipinski definition) is 4. The lowest BCUT2D eigenvalue weighted by atomic mass is 9.59. The minimum atomic E-state index is -0.605. The van der Waals surface area contributed by atoms with Gasteiger partial charge in [0.1, 0.15) is 0 Å². The fraction of sp³-hybridized carbons (Fsp3) is 0.667. The smallest absolute Gasteiger partial charge is 0.249 e. The molecule has 0 radical (unpaired) electrons. The normalized spacial score (nSPS) is 32.8. The molecule has 1 aromatic rings. The SMILES string of the molecule is CC(C)CN1C[C@@H]2C[C@H]3C=N[C@]2(C(=O)NCCCCN)[C@@H]1[C@@H]3Cc1ccccc1. The zero-order valence-electron chi connectivity index (χ0n) is 17.9. The van der Waals surface area contributed by atoms with Crippen molar-refractivity contribution in [1.29, 1.82) is 0 Å². The first-order valence-electron chi connectivity index (χ1n) is 11.4. The Hall–Kier alpha value is -1.72. The van der Waals surface area contributed by atoms with Gasteiger partial charge in [0.15, 0.2) is 5.54 Å². The third kappa shape index (κ3) is 3.75. The monoisotopic (exact) mass is 396 g/mol. The number of hydrogen-bond donors (Lipinski definition) is 2. The highest BCUT2D eigenvalue weighted by atomic mass is 16.2. The first-order chi connectivity index (χ1) is 14.1.